The number of amides is 1. The number of hydrogen-bond donors (Lipinski definition) is 2. The lowest BCUT2D eigenvalue weighted by Crippen LogP contribution is -2.37. The monoisotopic (exact) mass is 275 g/mol. The summed E-state index contributed by atoms with van der Waals surface area (Å²) in [6.45, 7) is -0.299. The van der Waals surface area contributed by atoms with Gasteiger partial charge in [-0.2, -0.15) is 5.10 Å². The van der Waals surface area contributed by atoms with Crippen molar-refractivity contribution in [1.82, 2.24) is 15.1 Å². The van der Waals surface area contributed by atoms with Crippen molar-refractivity contribution in [2.24, 2.45) is 0 Å². The fourth-order valence-electron chi connectivity index (χ4n) is 2.04. The van der Waals surface area contributed by atoms with Crippen molar-refractivity contribution in [1.29, 1.82) is 0 Å². The first-order valence-electron chi connectivity index (χ1n) is 6.27. The number of hydrogen-bond acceptors (Lipinski definition) is 4. The minimum Gasteiger partial charge on any atom is -0.480 e. The molecule has 3 rings (SSSR count). The fraction of sp³-hybridized carbons (Fsp3) is 0.308. The summed E-state index contributed by atoms with van der Waals surface area (Å²) in [6, 6.07) is 5.07. The standard InChI is InChI=1S/C13H13N3O4/c17-12(18)7-16(8-3-4-8)13(19)10-6-9(14-15-10)11-2-1-5-20-11/h1-2,5-6,8H,3-4,7H2,(H,14,15)(H,17,18). The van der Waals surface area contributed by atoms with E-state index in [0.29, 0.717) is 11.5 Å². The summed E-state index contributed by atoms with van der Waals surface area (Å²) in [5.74, 6) is -0.816. The Morgan fingerprint density at radius 2 is 2.30 bits per heavy atom. The second-order valence-corrected chi connectivity index (χ2v) is 4.70. The number of aromatic nitrogens is 2. The van der Waals surface area contributed by atoms with Crippen LogP contribution in [0.2, 0.25) is 0 Å². The van der Waals surface area contributed by atoms with Gasteiger partial charge in [-0.25, -0.2) is 0 Å². The van der Waals surface area contributed by atoms with E-state index in [9.17, 15) is 9.59 Å². The average molecular weight is 275 g/mol. The van der Waals surface area contributed by atoms with E-state index in [1.807, 2.05) is 0 Å². The lowest BCUT2D eigenvalue weighted by Gasteiger charge is -2.18. The summed E-state index contributed by atoms with van der Waals surface area (Å²) in [4.78, 5) is 24.5. The molecule has 2 heterocycles. The first-order chi connectivity index (χ1) is 9.65. The number of aromatic amines is 1. The van der Waals surface area contributed by atoms with Crippen LogP contribution in [0.4, 0.5) is 0 Å². The van der Waals surface area contributed by atoms with Crippen molar-refractivity contribution < 1.29 is 19.1 Å². The Kier molecular flexibility index (Phi) is 3.02. The molecule has 20 heavy (non-hydrogen) atoms. The minimum atomic E-state index is -1.02. The average Bonchev–Trinajstić information content (AvgIpc) is 2.94. The molecule has 7 nitrogen and oxygen atoms in total. The Morgan fingerprint density at radius 3 is 2.90 bits per heavy atom. The molecule has 1 fully saturated rings. The molecule has 0 saturated heterocycles. The maximum atomic E-state index is 12.3. The van der Waals surface area contributed by atoms with Crippen molar-refractivity contribution in [3.63, 3.8) is 0 Å². The third-order valence-electron chi connectivity index (χ3n) is 3.14. The number of carbonyl (C=O) groups excluding carboxylic acids is 1. The number of carboxylic acid groups (broad SMARTS) is 1. The summed E-state index contributed by atoms with van der Waals surface area (Å²) < 4.78 is 5.21. The van der Waals surface area contributed by atoms with E-state index in [-0.39, 0.29) is 24.2 Å². The van der Waals surface area contributed by atoms with Gasteiger partial charge >= 0.3 is 5.97 Å². The zero-order valence-corrected chi connectivity index (χ0v) is 10.6. The van der Waals surface area contributed by atoms with Gasteiger partial charge in [0.05, 0.1) is 6.26 Å². The number of carboxylic acids is 1. The number of rotatable bonds is 5. The Balaban J connectivity index is 1.80. The highest BCUT2D eigenvalue weighted by Crippen LogP contribution is 2.28. The summed E-state index contributed by atoms with van der Waals surface area (Å²) in [5.41, 5.74) is 0.786. The Hall–Kier alpha value is -2.57. The highest BCUT2D eigenvalue weighted by Gasteiger charge is 2.35. The number of H-pyrrole nitrogens is 1. The molecule has 0 aromatic carbocycles. The number of aliphatic carboxylic acids is 1. The van der Waals surface area contributed by atoms with Gasteiger partial charge in [-0.05, 0) is 25.0 Å². The minimum absolute atomic E-state index is 0.0161. The van der Waals surface area contributed by atoms with E-state index in [4.69, 9.17) is 9.52 Å². The molecule has 0 unspecified atom stereocenters. The topological polar surface area (TPSA) is 99.4 Å². The molecule has 2 aromatic rings. The normalized spacial score (nSPS) is 14.2. The highest BCUT2D eigenvalue weighted by atomic mass is 16.4. The summed E-state index contributed by atoms with van der Waals surface area (Å²) in [5, 5.41) is 15.5. The predicted molar refractivity (Wildman–Crippen MR) is 68.0 cm³/mol. The van der Waals surface area contributed by atoms with E-state index in [2.05, 4.69) is 10.2 Å². The molecule has 1 saturated carbocycles. The maximum Gasteiger partial charge on any atom is 0.323 e. The van der Waals surface area contributed by atoms with Crippen LogP contribution < -0.4 is 0 Å². The van der Waals surface area contributed by atoms with Gasteiger partial charge in [0.2, 0.25) is 0 Å². The molecule has 104 valence electrons. The van der Waals surface area contributed by atoms with Crippen LogP contribution in [-0.4, -0.2) is 44.7 Å². The molecule has 0 bridgehead atoms. The van der Waals surface area contributed by atoms with E-state index < -0.39 is 5.97 Å². The van der Waals surface area contributed by atoms with Crippen LogP contribution in [0.15, 0.2) is 28.9 Å². The quantitative estimate of drug-likeness (QED) is 0.858. The molecule has 0 spiro atoms. The lowest BCUT2D eigenvalue weighted by molar-refractivity contribution is -0.137. The van der Waals surface area contributed by atoms with E-state index in [0.717, 1.165) is 12.8 Å². The molecule has 0 atom stereocenters. The molecule has 1 aliphatic rings. The summed E-state index contributed by atoms with van der Waals surface area (Å²) in [6.07, 6.45) is 3.21. The largest absolute Gasteiger partial charge is 0.480 e. The maximum absolute atomic E-state index is 12.3. The molecule has 1 aliphatic carbocycles. The zero-order valence-electron chi connectivity index (χ0n) is 10.6. The van der Waals surface area contributed by atoms with Crippen LogP contribution in [-0.2, 0) is 4.79 Å². The Morgan fingerprint density at radius 1 is 1.50 bits per heavy atom. The Labute approximate surface area is 114 Å². The van der Waals surface area contributed by atoms with Crippen LogP contribution in [0.1, 0.15) is 23.3 Å². The van der Waals surface area contributed by atoms with Crippen LogP contribution in [0.3, 0.4) is 0 Å². The van der Waals surface area contributed by atoms with Gasteiger partial charge in [-0.15, -0.1) is 0 Å². The van der Waals surface area contributed by atoms with Crippen LogP contribution in [0.25, 0.3) is 11.5 Å². The van der Waals surface area contributed by atoms with Gasteiger partial charge in [0, 0.05) is 12.1 Å². The van der Waals surface area contributed by atoms with Gasteiger partial charge < -0.3 is 14.4 Å². The van der Waals surface area contributed by atoms with Crippen molar-refractivity contribution in [3.05, 3.63) is 30.2 Å². The number of nitrogens with one attached hydrogen (secondary N) is 1. The molecular weight excluding hydrogens is 262 g/mol. The van der Waals surface area contributed by atoms with E-state index in [1.54, 1.807) is 18.2 Å². The van der Waals surface area contributed by atoms with Gasteiger partial charge in [-0.1, -0.05) is 0 Å². The summed E-state index contributed by atoms with van der Waals surface area (Å²) >= 11 is 0. The number of carbonyl (C=O) groups is 2. The van der Waals surface area contributed by atoms with Gasteiger partial charge in [0.1, 0.15) is 12.2 Å². The SMILES string of the molecule is O=C(O)CN(C(=O)c1cc(-c2ccco2)[nH]n1)C1CC1. The second kappa shape index (κ2) is 4.84. The van der Waals surface area contributed by atoms with Crippen LogP contribution >= 0.6 is 0 Å². The predicted octanol–water partition coefficient (Wildman–Crippen LogP) is 1.36. The first-order valence-corrected chi connectivity index (χ1v) is 6.27. The van der Waals surface area contributed by atoms with Crippen LogP contribution in [0, 0.1) is 0 Å². The van der Waals surface area contributed by atoms with Crippen LogP contribution in [0.5, 0.6) is 0 Å². The summed E-state index contributed by atoms with van der Waals surface area (Å²) in [7, 11) is 0. The van der Waals surface area contributed by atoms with Gasteiger partial charge in [-0.3, -0.25) is 14.7 Å². The lowest BCUT2D eigenvalue weighted by atomic mass is 10.2. The molecular formula is C13H13N3O4. The molecule has 0 aliphatic heterocycles. The van der Waals surface area contributed by atoms with Crippen molar-refractivity contribution in [2.75, 3.05) is 6.54 Å². The fourth-order valence-corrected chi connectivity index (χ4v) is 2.04. The molecule has 0 radical (unpaired) electrons. The molecule has 2 aromatic heterocycles. The third kappa shape index (κ3) is 2.42. The van der Waals surface area contributed by atoms with E-state index >= 15 is 0 Å². The molecule has 2 N–H and O–H groups in total. The number of furan rings is 1. The smallest absolute Gasteiger partial charge is 0.323 e. The zero-order chi connectivity index (χ0) is 14.1. The van der Waals surface area contributed by atoms with E-state index in [1.165, 1.54) is 11.2 Å². The van der Waals surface area contributed by atoms with Gasteiger partial charge in [0.15, 0.2) is 11.5 Å². The number of nitrogens with zero attached hydrogens (tertiary/aromatic N) is 2. The van der Waals surface area contributed by atoms with Crippen molar-refractivity contribution in [2.45, 2.75) is 18.9 Å². The van der Waals surface area contributed by atoms with Crippen molar-refractivity contribution >= 4 is 11.9 Å². The molecule has 7 heteroatoms. The highest BCUT2D eigenvalue weighted by molar-refractivity contribution is 5.95. The van der Waals surface area contributed by atoms with Crippen molar-refractivity contribution in [3.8, 4) is 11.5 Å². The molecule has 1 amide bonds. The first kappa shape index (κ1) is 12.5. The third-order valence-corrected chi connectivity index (χ3v) is 3.14. The van der Waals surface area contributed by atoms with Gasteiger partial charge in [0.25, 0.3) is 5.91 Å². The second-order valence-electron chi connectivity index (χ2n) is 4.70. The Bertz CT molecular complexity index is 628.